The van der Waals surface area contributed by atoms with Crippen LogP contribution in [0.2, 0.25) is 5.02 Å². The molecule has 0 unspecified atom stereocenters. The highest BCUT2D eigenvalue weighted by molar-refractivity contribution is 6.32. The van der Waals surface area contributed by atoms with Crippen LogP contribution >= 0.6 is 11.6 Å². The summed E-state index contributed by atoms with van der Waals surface area (Å²) in [5.41, 5.74) is 1.22. The van der Waals surface area contributed by atoms with Gasteiger partial charge in [0.1, 0.15) is 11.6 Å². The van der Waals surface area contributed by atoms with Gasteiger partial charge in [0.2, 0.25) is 0 Å². The van der Waals surface area contributed by atoms with E-state index in [-0.39, 0.29) is 5.69 Å². The number of carbonyl (C=O) groups is 1. The molecule has 104 valence electrons. The molecule has 1 heterocycles. The summed E-state index contributed by atoms with van der Waals surface area (Å²) in [5, 5.41) is 9.52. The Hall–Kier alpha value is -2.14. The van der Waals surface area contributed by atoms with Gasteiger partial charge in [-0.3, -0.25) is 0 Å². The van der Waals surface area contributed by atoms with Gasteiger partial charge >= 0.3 is 5.97 Å². The van der Waals surface area contributed by atoms with Gasteiger partial charge in [-0.1, -0.05) is 18.5 Å². The zero-order valence-corrected chi connectivity index (χ0v) is 11.8. The van der Waals surface area contributed by atoms with Crippen LogP contribution in [0, 0.1) is 0 Å². The first kappa shape index (κ1) is 14.3. The monoisotopic (exact) mass is 292 g/mol. The molecule has 0 aliphatic rings. The average Bonchev–Trinajstić information content (AvgIpc) is 2.46. The molecular formula is C14H13ClN2O3. The van der Waals surface area contributed by atoms with E-state index < -0.39 is 5.97 Å². The lowest BCUT2D eigenvalue weighted by molar-refractivity contribution is 0.0690. The molecule has 5 nitrogen and oxygen atoms in total. The summed E-state index contributed by atoms with van der Waals surface area (Å²) in [4.78, 5) is 19.4. The summed E-state index contributed by atoms with van der Waals surface area (Å²) < 4.78 is 5.08. The fourth-order valence-electron chi connectivity index (χ4n) is 1.74. The number of halogens is 1. The molecule has 0 saturated heterocycles. The van der Waals surface area contributed by atoms with Gasteiger partial charge in [-0.05, 0) is 24.3 Å². The third-order valence-corrected chi connectivity index (χ3v) is 3.05. The van der Waals surface area contributed by atoms with Crippen LogP contribution in [0.25, 0.3) is 11.3 Å². The number of nitrogens with zero attached hydrogens (tertiary/aromatic N) is 2. The highest BCUT2D eigenvalue weighted by Gasteiger charge is 2.12. The number of aryl methyl sites for hydroxylation is 1. The molecule has 1 aromatic heterocycles. The van der Waals surface area contributed by atoms with E-state index in [0.717, 1.165) is 5.56 Å². The molecule has 0 radical (unpaired) electrons. The molecule has 0 amide bonds. The van der Waals surface area contributed by atoms with Crippen molar-refractivity contribution in [3.63, 3.8) is 0 Å². The van der Waals surface area contributed by atoms with Gasteiger partial charge < -0.3 is 9.84 Å². The second-order valence-corrected chi connectivity index (χ2v) is 4.47. The van der Waals surface area contributed by atoms with Crippen molar-refractivity contribution in [3.05, 3.63) is 40.8 Å². The minimum atomic E-state index is -1.08. The maximum Gasteiger partial charge on any atom is 0.354 e. The lowest BCUT2D eigenvalue weighted by Crippen LogP contribution is -2.06. The fourth-order valence-corrected chi connectivity index (χ4v) is 2.00. The second kappa shape index (κ2) is 5.88. The Labute approximate surface area is 121 Å². The number of ether oxygens (including phenoxy) is 1. The Balaban J connectivity index is 2.54. The molecule has 0 atom stereocenters. The molecule has 0 saturated carbocycles. The van der Waals surface area contributed by atoms with Crippen LogP contribution in [-0.2, 0) is 6.42 Å². The normalized spacial score (nSPS) is 10.3. The molecular weight excluding hydrogens is 280 g/mol. The molecule has 0 bridgehead atoms. The third-order valence-electron chi connectivity index (χ3n) is 2.76. The molecule has 20 heavy (non-hydrogen) atoms. The predicted octanol–water partition coefficient (Wildman–Crippen LogP) is 3.07. The Bertz CT molecular complexity index is 659. The number of carboxylic acids is 1. The van der Waals surface area contributed by atoms with Crippen LogP contribution in [0.4, 0.5) is 0 Å². The van der Waals surface area contributed by atoms with Crippen molar-refractivity contribution >= 4 is 17.6 Å². The standard InChI is InChI=1S/C14H13ClN2O3/c1-3-13-16-10(7-11(17-13)14(18)19)8-4-5-12(20-2)9(15)6-8/h4-7H,3H2,1-2H3,(H,18,19). The van der Waals surface area contributed by atoms with Gasteiger partial charge in [0.05, 0.1) is 17.8 Å². The van der Waals surface area contributed by atoms with Crippen LogP contribution in [0.5, 0.6) is 5.75 Å². The maximum absolute atomic E-state index is 11.1. The van der Waals surface area contributed by atoms with E-state index >= 15 is 0 Å². The van der Waals surface area contributed by atoms with Crippen molar-refractivity contribution in [2.75, 3.05) is 7.11 Å². The van der Waals surface area contributed by atoms with E-state index in [1.54, 1.807) is 18.2 Å². The van der Waals surface area contributed by atoms with Crippen LogP contribution < -0.4 is 4.74 Å². The van der Waals surface area contributed by atoms with Crippen molar-refractivity contribution in [1.82, 2.24) is 9.97 Å². The number of benzene rings is 1. The number of carboxylic acid groups (broad SMARTS) is 1. The van der Waals surface area contributed by atoms with Crippen LogP contribution in [0.3, 0.4) is 0 Å². The Morgan fingerprint density at radius 3 is 2.65 bits per heavy atom. The van der Waals surface area contributed by atoms with Crippen LogP contribution in [0.15, 0.2) is 24.3 Å². The van der Waals surface area contributed by atoms with Crippen LogP contribution in [-0.4, -0.2) is 28.2 Å². The average molecular weight is 293 g/mol. The zero-order valence-electron chi connectivity index (χ0n) is 11.1. The SMILES string of the molecule is CCc1nc(C(=O)O)cc(-c2ccc(OC)c(Cl)c2)n1. The lowest BCUT2D eigenvalue weighted by atomic mass is 10.1. The number of rotatable bonds is 4. The summed E-state index contributed by atoms with van der Waals surface area (Å²) >= 11 is 6.07. The molecule has 0 fully saturated rings. The van der Waals surface area contributed by atoms with Gasteiger partial charge in [-0.25, -0.2) is 14.8 Å². The fraction of sp³-hybridized carbons (Fsp3) is 0.214. The number of aromatic carboxylic acids is 1. The Morgan fingerprint density at radius 1 is 1.35 bits per heavy atom. The summed E-state index contributed by atoms with van der Waals surface area (Å²) in [6, 6.07) is 6.61. The first-order valence-electron chi connectivity index (χ1n) is 6.00. The smallest absolute Gasteiger partial charge is 0.354 e. The van der Waals surface area contributed by atoms with Crippen molar-refractivity contribution in [1.29, 1.82) is 0 Å². The largest absolute Gasteiger partial charge is 0.495 e. The first-order valence-corrected chi connectivity index (χ1v) is 6.38. The van der Waals surface area contributed by atoms with Crippen molar-refractivity contribution in [2.24, 2.45) is 0 Å². The van der Waals surface area contributed by atoms with Gasteiger partial charge in [0.15, 0.2) is 5.69 Å². The molecule has 1 N–H and O–H groups in total. The number of hydrogen-bond donors (Lipinski definition) is 1. The van der Waals surface area contributed by atoms with Crippen molar-refractivity contribution in [3.8, 4) is 17.0 Å². The van der Waals surface area contributed by atoms with E-state index in [1.807, 2.05) is 6.92 Å². The van der Waals surface area contributed by atoms with E-state index in [9.17, 15) is 4.79 Å². The summed E-state index contributed by atoms with van der Waals surface area (Å²) in [6.45, 7) is 1.87. The highest BCUT2D eigenvalue weighted by Crippen LogP contribution is 2.29. The van der Waals surface area contributed by atoms with Gasteiger partial charge in [0.25, 0.3) is 0 Å². The highest BCUT2D eigenvalue weighted by atomic mass is 35.5. The quantitative estimate of drug-likeness (QED) is 0.937. The molecule has 0 spiro atoms. The summed E-state index contributed by atoms with van der Waals surface area (Å²) in [6.07, 6.45) is 0.554. The number of hydrogen-bond acceptors (Lipinski definition) is 4. The van der Waals surface area contributed by atoms with Crippen LogP contribution in [0.1, 0.15) is 23.2 Å². The molecule has 0 aliphatic heterocycles. The Kier molecular flexibility index (Phi) is 4.20. The van der Waals surface area contributed by atoms with Crippen molar-refractivity contribution < 1.29 is 14.6 Å². The van der Waals surface area contributed by atoms with Gasteiger partial charge in [0, 0.05) is 12.0 Å². The molecule has 0 aliphatic carbocycles. The molecule has 2 aromatic rings. The summed E-state index contributed by atoms with van der Waals surface area (Å²) in [5.74, 6) is -0.0477. The zero-order chi connectivity index (χ0) is 14.7. The molecule has 2 rings (SSSR count). The van der Waals surface area contributed by atoms with Gasteiger partial charge in [-0.2, -0.15) is 0 Å². The minimum Gasteiger partial charge on any atom is -0.495 e. The van der Waals surface area contributed by atoms with E-state index in [2.05, 4.69) is 9.97 Å². The second-order valence-electron chi connectivity index (χ2n) is 4.06. The van der Waals surface area contributed by atoms with Crippen molar-refractivity contribution in [2.45, 2.75) is 13.3 Å². The predicted molar refractivity (Wildman–Crippen MR) is 75.4 cm³/mol. The van der Waals surface area contributed by atoms with E-state index in [4.69, 9.17) is 21.4 Å². The third kappa shape index (κ3) is 2.88. The topological polar surface area (TPSA) is 72.3 Å². The van der Waals surface area contributed by atoms with E-state index in [0.29, 0.717) is 28.7 Å². The molecule has 6 heteroatoms. The number of methoxy groups -OCH3 is 1. The minimum absolute atomic E-state index is 0.0289. The van der Waals surface area contributed by atoms with E-state index in [1.165, 1.54) is 13.2 Å². The Morgan fingerprint density at radius 2 is 2.10 bits per heavy atom. The first-order chi connectivity index (χ1) is 9.55. The number of aromatic nitrogens is 2. The molecule has 1 aromatic carbocycles. The lowest BCUT2D eigenvalue weighted by Gasteiger charge is -2.07. The maximum atomic E-state index is 11.1. The summed E-state index contributed by atoms with van der Waals surface area (Å²) in [7, 11) is 1.53. The van der Waals surface area contributed by atoms with Gasteiger partial charge in [-0.15, -0.1) is 0 Å².